The molecule has 0 radical (unpaired) electrons. The summed E-state index contributed by atoms with van der Waals surface area (Å²) in [5, 5.41) is 2.10. The van der Waals surface area contributed by atoms with Gasteiger partial charge in [0, 0.05) is 6.42 Å². The number of carbonyl (C=O) groups excluding carboxylic acids is 3. The summed E-state index contributed by atoms with van der Waals surface area (Å²) in [5.74, 6) is -0.771. The lowest BCUT2D eigenvalue weighted by atomic mass is 10.0. The zero-order valence-electron chi connectivity index (χ0n) is 7.88. The van der Waals surface area contributed by atoms with Gasteiger partial charge in [-0.15, -0.1) is 0 Å². The lowest BCUT2D eigenvalue weighted by Gasteiger charge is -2.25. The average molecular weight is 184 g/mol. The van der Waals surface area contributed by atoms with Crippen LogP contribution in [0.3, 0.4) is 0 Å². The highest BCUT2D eigenvalue weighted by molar-refractivity contribution is 6.13. The van der Waals surface area contributed by atoms with Gasteiger partial charge in [-0.3, -0.25) is 14.9 Å². The Hall–Kier alpha value is -1.39. The van der Waals surface area contributed by atoms with Crippen molar-refractivity contribution >= 4 is 17.8 Å². The van der Waals surface area contributed by atoms with Gasteiger partial charge >= 0.3 is 6.03 Å². The summed E-state index contributed by atoms with van der Waals surface area (Å²) in [7, 11) is 0. The smallest absolute Gasteiger partial charge is 0.275 e. The number of nitrogens with one attached hydrogen (secondary N) is 1. The maximum absolute atomic E-state index is 11.3. The van der Waals surface area contributed by atoms with Crippen LogP contribution in [0, 0.1) is 0 Å². The first-order chi connectivity index (χ1) is 5.91. The molecule has 0 atom stereocenters. The van der Waals surface area contributed by atoms with E-state index in [-0.39, 0.29) is 12.3 Å². The Labute approximate surface area is 76.1 Å². The molecule has 1 aliphatic rings. The molecule has 1 rings (SSSR count). The second-order valence-corrected chi connectivity index (χ2v) is 3.40. The molecule has 0 bridgehead atoms. The third-order valence-electron chi connectivity index (χ3n) is 2.09. The minimum Gasteiger partial charge on any atom is -0.275 e. The lowest BCUT2D eigenvalue weighted by Crippen LogP contribution is -2.47. The Morgan fingerprint density at radius 3 is 2.31 bits per heavy atom. The predicted octanol–water partition coefficient (Wildman–Crippen LogP) is 0.253. The zero-order valence-corrected chi connectivity index (χ0v) is 7.88. The van der Waals surface area contributed by atoms with Crippen molar-refractivity contribution in [3.05, 3.63) is 0 Å². The van der Waals surface area contributed by atoms with E-state index in [1.165, 1.54) is 0 Å². The number of urea groups is 1. The maximum atomic E-state index is 11.3. The molecule has 72 valence electrons. The number of carbonyl (C=O) groups is 3. The predicted molar refractivity (Wildman–Crippen MR) is 44.8 cm³/mol. The van der Waals surface area contributed by atoms with E-state index < -0.39 is 17.5 Å². The quantitative estimate of drug-likeness (QED) is 0.594. The van der Waals surface area contributed by atoms with Crippen LogP contribution >= 0.6 is 0 Å². The van der Waals surface area contributed by atoms with E-state index in [9.17, 15) is 14.4 Å². The van der Waals surface area contributed by atoms with Gasteiger partial charge < -0.3 is 0 Å². The van der Waals surface area contributed by atoms with Crippen molar-refractivity contribution in [3.63, 3.8) is 0 Å². The summed E-state index contributed by atoms with van der Waals surface area (Å²) in [6.45, 7) is 4.73. The fourth-order valence-electron chi connectivity index (χ4n) is 1.24. The molecule has 0 aliphatic carbocycles. The standard InChI is InChI=1S/C8H12N2O3/c1-4-5(11)10-7(13)9-6(12)8(10,2)3/h4H2,1-3H3,(H,9,12,13). The van der Waals surface area contributed by atoms with Crippen molar-refractivity contribution in [1.82, 2.24) is 10.2 Å². The third-order valence-corrected chi connectivity index (χ3v) is 2.09. The van der Waals surface area contributed by atoms with Crippen LogP contribution in [-0.4, -0.2) is 28.3 Å². The molecule has 0 aromatic carbocycles. The average Bonchev–Trinajstić information content (AvgIpc) is 2.21. The zero-order chi connectivity index (χ0) is 10.2. The van der Waals surface area contributed by atoms with E-state index in [1.54, 1.807) is 20.8 Å². The molecule has 5 nitrogen and oxygen atoms in total. The summed E-state index contributed by atoms with van der Waals surface area (Å²) >= 11 is 0. The Morgan fingerprint density at radius 1 is 1.46 bits per heavy atom. The summed E-state index contributed by atoms with van der Waals surface area (Å²) in [6.07, 6.45) is 0.212. The summed E-state index contributed by atoms with van der Waals surface area (Å²) in [4.78, 5) is 34.7. The molecule has 0 aromatic heterocycles. The minimum absolute atomic E-state index is 0.212. The van der Waals surface area contributed by atoms with E-state index in [2.05, 4.69) is 5.32 Å². The van der Waals surface area contributed by atoms with E-state index >= 15 is 0 Å². The molecule has 1 aliphatic heterocycles. The van der Waals surface area contributed by atoms with Crippen LogP contribution in [0.1, 0.15) is 27.2 Å². The lowest BCUT2D eigenvalue weighted by molar-refractivity contribution is -0.136. The monoisotopic (exact) mass is 184 g/mol. The molecule has 0 spiro atoms. The third kappa shape index (κ3) is 1.30. The second-order valence-electron chi connectivity index (χ2n) is 3.40. The van der Waals surface area contributed by atoms with Gasteiger partial charge in [-0.2, -0.15) is 0 Å². The van der Waals surface area contributed by atoms with E-state index in [4.69, 9.17) is 0 Å². The van der Waals surface area contributed by atoms with Crippen LogP contribution in [-0.2, 0) is 9.59 Å². The number of hydrogen-bond acceptors (Lipinski definition) is 3. The van der Waals surface area contributed by atoms with Crippen LogP contribution in [0.15, 0.2) is 0 Å². The summed E-state index contributed by atoms with van der Waals surface area (Å²) in [5.41, 5.74) is -1.05. The van der Waals surface area contributed by atoms with Crippen LogP contribution in [0.2, 0.25) is 0 Å². The number of imide groups is 2. The van der Waals surface area contributed by atoms with E-state index in [0.717, 1.165) is 4.90 Å². The molecule has 1 heterocycles. The number of hydrogen-bond donors (Lipinski definition) is 1. The second kappa shape index (κ2) is 2.83. The number of amides is 4. The van der Waals surface area contributed by atoms with Gasteiger partial charge in [0.25, 0.3) is 5.91 Å². The molecule has 0 aromatic rings. The maximum Gasteiger partial charge on any atom is 0.331 e. The van der Waals surface area contributed by atoms with Gasteiger partial charge in [-0.25, -0.2) is 9.69 Å². The van der Waals surface area contributed by atoms with Crippen molar-refractivity contribution in [2.24, 2.45) is 0 Å². The molecular formula is C8H12N2O3. The van der Waals surface area contributed by atoms with Crippen LogP contribution in [0.25, 0.3) is 0 Å². The van der Waals surface area contributed by atoms with Gasteiger partial charge in [0.05, 0.1) is 0 Å². The van der Waals surface area contributed by atoms with Gasteiger partial charge in [-0.1, -0.05) is 6.92 Å². The molecule has 13 heavy (non-hydrogen) atoms. The van der Waals surface area contributed by atoms with Gasteiger partial charge in [-0.05, 0) is 13.8 Å². The SMILES string of the molecule is CCC(=O)N1C(=O)NC(=O)C1(C)C. The normalized spacial score (nSPS) is 20.4. The van der Waals surface area contributed by atoms with Crippen molar-refractivity contribution in [1.29, 1.82) is 0 Å². The van der Waals surface area contributed by atoms with Crippen LogP contribution in [0.5, 0.6) is 0 Å². The molecule has 0 unspecified atom stereocenters. The highest BCUT2D eigenvalue weighted by atomic mass is 16.2. The fraction of sp³-hybridized carbons (Fsp3) is 0.625. The Balaban J connectivity index is 3.02. The van der Waals surface area contributed by atoms with Crippen molar-refractivity contribution in [2.75, 3.05) is 0 Å². The molecule has 4 amide bonds. The van der Waals surface area contributed by atoms with Gasteiger partial charge in [0.1, 0.15) is 5.54 Å². The largest absolute Gasteiger partial charge is 0.331 e. The first-order valence-corrected chi connectivity index (χ1v) is 4.09. The Morgan fingerprint density at radius 2 is 2.00 bits per heavy atom. The van der Waals surface area contributed by atoms with Crippen molar-refractivity contribution in [3.8, 4) is 0 Å². The fourth-order valence-corrected chi connectivity index (χ4v) is 1.24. The summed E-state index contributed by atoms with van der Waals surface area (Å²) in [6, 6.07) is -0.623. The van der Waals surface area contributed by atoms with Crippen molar-refractivity contribution < 1.29 is 14.4 Å². The van der Waals surface area contributed by atoms with E-state index in [1.807, 2.05) is 0 Å². The number of nitrogens with zero attached hydrogens (tertiary/aromatic N) is 1. The molecular weight excluding hydrogens is 172 g/mol. The van der Waals surface area contributed by atoms with Crippen molar-refractivity contribution in [2.45, 2.75) is 32.7 Å². The Bertz CT molecular complexity index is 283. The highest BCUT2D eigenvalue weighted by Crippen LogP contribution is 2.21. The molecule has 1 saturated heterocycles. The molecule has 0 saturated carbocycles. The summed E-state index contributed by atoms with van der Waals surface area (Å²) < 4.78 is 0. The highest BCUT2D eigenvalue weighted by Gasteiger charge is 2.48. The van der Waals surface area contributed by atoms with Crippen LogP contribution < -0.4 is 5.32 Å². The van der Waals surface area contributed by atoms with E-state index in [0.29, 0.717) is 0 Å². The molecule has 5 heteroatoms. The molecule has 1 fully saturated rings. The minimum atomic E-state index is -1.05. The molecule has 1 N–H and O–H groups in total. The Kier molecular flexibility index (Phi) is 2.11. The van der Waals surface area contributed by atoms with Gasteiger partial charge in [0.2, 0.25) is 5.91 Å². The number of rotatable bonds is 1. The first-order valence-electron chi connectivity index (χ1n) is 4.09. The van der Waals surface area contributed by atoms with Gasteiger partial charge in [0.15, 0.2) is 0 Å². The topological polar surface area (TPSA) is 66.5 Å². The van der Waals surface area contributed by atoms with Crippen LogP contribution in [0.4, 0.5) is 4.79 Å². The first kappa shape index (κ1) is 9.70.